The van der Waals surface area contributed by atoms with Crippen LogP contribution in [0.5, 0.6) is 0 Å². The van der Waals surface area contributed by atoms with E-state index in [2.05, 4.69) is 6.58 Å². The van der Waals surface area contributed by atoms with Crippen LogP contribution in [-0.2, 0) is 52.4 Å². The summed E-state index contributed by atoms with van der Waals surface area (Å²) in [5.41, 5.74) is -1.89. The Morgan fingerprint density at radius 2 is 1.80 bits per heavy atom. The molecule has 8 atom stereocenters. The summed E-state index contributed by atoms with van der Waals surface area (Å²) in [5, 5.41) is 11.0. The van der Waals surface area contributed by atoms with E-state index in [0.29, 0.717) is 5.57 Å². The lowest BCUT2D eigenvalue weighted by atomic mass is 9.83. The van der Waals surface area contributed by atoms with Crippen molar-refractivity contribution in [2.24, 2.45) is 5.92 Å². The van der Waals surface area contributed by atoms with Gasteiger partial charge in [0.2, 0.25) is 0 Å². The third kappa shape index (κ3) is 6.18. The molecule has 0 aromatic rings. The molecular formula is C28H34O12. The molecule has 40 heavy (non-hydrogen) atoms. The third-order valence-electron chi connectivity index (χ3n) is 7.17. The molecular weight excluding hydrogens is 528 g/mol. The molecule has 2 fully saturated rings. The Morgan fingerprint density at radius 1 is 1.15 bits per heavy atom. The van der Waals surface area contributed by atoms with Crippen LogP contribution < -0.4 is 0 Å². The highest BCUT2D eigenvalue weighted by molar-refractivity contribution is 5.94. The molecule has 8 unspecified atom stereocenters. The zero-order chi connectivity index (χ0) is 30.1. The standard InChI is InChI=1S/C28H34O12/c1-9-12(2)24(30)39-22-17(26(32)35-8)11-19-21(37-19)13(3)10-18-20(14(4)25(31)38-18)23(22)40-27(33)28(7,34)15(5)36-16(6)29/h9-11,15,18-23,34H,4H2,1-3,5-8H3. The number of methoxy groups -OCH3 is 1. The summed E-state index contributed by atoms with van der Waals surface area (Å²) in [6.45, 7) is 12.1. The maximum Gasteiger partial charge on any atom is 0.342 e. The number of aliphatic hydroxyl groups is 1. The molecule has 2 heterocycles. The topological polar surface area (TPSA) is 164 Å². The molecule has 0 amide bonds. The lowest BCUT2D eigenvalue weighted by Crippen LogP contribution is -2.53. The van der Waals surface area contributed by atoms with Crippen LogP contribution in [0.4, 0.5) is 0 Å². The van der Waals surface area contributed by atoms with Crippen LogP contribution in [0.15, 0.2) is 47.1 Å². The van der Waals surface area contributed by atoms with E-state index in [-0.39, 0.29) is 16.7 Å². The number of epoxide rings is 1. The lowest BCUT2D eigenvalue weighted by Gasteiger charge is -2.36. The van der Waals surface area contributed by atoms with Crippen molar-refractivity contribution in [1.82, 2.24) is 0 Å². The molecule has 2 aliphatic heterocycles. The van der Waals surface area contributed by atoms with E-state index in [4.69, 9.17) is 28.4 Å². The minimum atomic E-state index is -2.39. The minimum absolute atomic E-state index is 0.124. The Morgan fingerprint density at radius 3 is 2.38 bits per heavy atom. The summed E-state index contributed by atoms with van der Waals surface area (Å²) < 4.78 is 32.7. The van der Waals surface area contributed by atoms with E-state index in [1.165, 1.54) is 26.0 Å². The molecule has 12 heteroatoms. The van der Waals surface area contributed by atoms with E-state index in [0.717, 1.165) is 21.0 Å². The van der Waals surface area contributed by atoms with Gasteiger partial charge in [0.1, 0.15) is 24.4 Å². The smallest absolute Gasteiger partial charge is 0.342 e. The number of carbonyl (C=O) groups excluding carboxylic acids is 5. The van der Waals surface area contributed by atoms with Crippen LogP contribution in [0.25, 0.3) is 0 Å². The van der Waals surface area contributed by atoms with Crippen molar-refractivity contribution in [1.29, 1.82) is 0 Å². The molecule has 218 valence electrons. The number of rotatable bonds is 7. The van der Waals surface area contributed by atoms with Gasteiger partial charge in [-0.05, 0) is 52.3 Å². The van der Waals surface area contributed by atoms with Gasteiger partial charge in [-0.3, -0.25) is 4.79 Å². The van der Waals surface area contributed by atoms with Gasteiger partial charge in [-0.1, -0.05) is 12.7 Å². The second-order valence-electron chi connectivity index (χ2n) is 10.0. The van der Waals surface area contributed by atoms with E-state index in [1.54, 1.807) is 19.9 Å². The fourth-order valence-electron chi connectivity index (χ4n) is 4.40. The molecule has 1 N–H and O–H groups in total. The first-order chi connectivity index (χ1) is 18.6. The SMILES string of the molecule is C=C1C(=O)OC2C=C(C)C3OC3C=C(C(=O)OC)C(OC(=O)C(C)=CC)C(OC(=O)C(C)(O)C(C)OC(C)=O)C12. The normalized spacial score (nSPS) is 30.1. The van der Waals surface area contributed by atoms with Crippen molar-refractivity contribution in [3.8, 4) is 0 Å². The molecule has 0 saturated carbocycles. The van der Waals surface area contributed by atoms with Crippen LogP contribution in [0.1, 0.15) is 41.5 Å². The Kier molecular flexibility index (Phi) is 9.05. The summed E-state index contributed by atoms with van der Waals surface area (Å²) >= 11 is 0. The summed E-state index contributed by atoms with van der Waals surface area (Å²) in [5.74, 6) is -5.78. The second kappa shape index (κ2) is 11.8. The summed E-state index contributed by atoms with van der Waals surface area (Å²) in [7, 11) is 1.12. The maximum atomic E-state index is 13.4. The number of allylic oxidation sites excluding steroid dienone is 1. The number of ether oxygens (including phenoxy) is 6. The van der Waals surface area contributed by atoms with E-state index in [9.17, 15) is 29.1 Å². The van der Waals surface area contributed by atoms with Crippen LogP contribution in [0.2, 0.25) is 0 Å². The predicted molar refractivity (Wildman–Crippen MR) is 136 cm³/mol. The van der Waals surface area contributed by atoms with Crippen molar-refractivity contribution in [2.75, 3.05) is 7.11 Å². The summed E-state index contributed by atoms with van der Waals surface area (Å²) in [4.78, 5) is 63.7. The van der Waals surface area contributed by atoms with Crippen molar-refractivity contribution in [3.05, 3.63) is 47.1 Å². The Bertz CT molecular complexity index is 1210. The first kappa shape index (κ1) is 30.8. The summed E-state index contributed by atoms with van der Waals surface area (Å²) in [6.07, 6.45) is -2.29. The highest BCUT2D eigenvalue weighted by Gasteiger charge is 2.54. The second-order valence-corrected chi connectivity index (χ2v) is 10.0. The zero-order valence-electron chi connectivity index (χ0n) is 23.4. The van der Waals surface area contributed by atoms with E-state index < -0.39 is 78.0 Å². The van der Waals surface area contributed by atoms with Gasteiger partial charge < -0.3 is 33.5 Å². The van der Waals surface area contributed by atoms with Crippen LogP contribution in [0.3, 0.4) is 0 Å². The molecule has 0 aromatic heterocycles. The van der Waals surface area contributed by atoms with Gasteiger partial charge in [-0.25, -0.2) is 19.2 Å². The Hall–Kier alpha value is -3.77. The average Bonchev–Trinajstić information content (AvgIpc) is 3.61. The molecule has 3 rings (SSSR count). The van der Waals surface area contributed by atoms with Crippen LogP contribution in [0, 0.1) is 5.92 Å². The molecule has 12 nitrogen and oxygen atoms in total. The summed E-state index contributed by atoms with van der Waals surface area (Å²) in [6, 6.07) is 0. The average molecular weight is 563 g/mol. The van der Waals surface area contributed by atoms with Gasteiger partial charge in [-0.15, -0.1) is 0 Å². The first-order valence-corrected chi connectivity index (χ1v) is 12.6. The van der Waals surface area contributed by atoms with Gasteiger partial charge in [0.25, 0.3) is 0 Å². The molecule has 3 aliphatic rings. The number of carbonyl (C=O) groups is 5. The largest absolute Gasteiger partial charge is 0.466 e. The third-order valence-corrected chi connectivity index (χ3v) is 7.17. The van der Waals surface area contributed by atoms with Crippen molar-refractivity contribution >= 4 is 29.8 Å². The van der Waals surface area contributed by atoms with Gasteiger partial charge in [-0.2, -0.15) is 0 Å². The Balaban J connectivity index is 2.21. The molecule has 1 aliphatic carbocycles. The van der Waals surface area contributed by atoms with E-state index in [1.807, 2.05) is 0 Å². The Labute approximate surface area is 231 Å². The number of esters is 5. The quantitative estimate of drug-likeness (QED) is 0.156. The van der Waals surface area contributed by atoms with E-state index >= 15 is 0 Å². The highest BCUT2D eigenvalue weighted by atomic mass is 16.6. The monoisotopic (exact) mass is 562 g/mol. The number of hydrogen-bond acceptors (Lipinski definition) is 12. The van der Waals surface area contributed by atoms with Gasteiger partial charge in [0.05, 0.1) is 18.6 Å². The van der Waals surface area contributed by atoms with Crippen molar-refractivity contribution in [3.63, 3.8) is 0 Å². The van der Waals surface area contributed by atoms with Gasteiger partial charge in [0, 0.05) is 18.1 Å². The zero-order valence-corrected chi connectivity index (χ0v) is 23.4. The number of hydrogen-bond donors (Lipinski definition) is 1. The molecule has 0 radical (unpaired) electrons. The predicted octanol–water partition coefficient (Wildman–Crippen LogP) is 1.40. The maximum absolute atomic E-state index is 13.4. The van der Waals surface area contributed by atoms with Gasteiger partial charge >= 0.3 is 29.8 Å². The minimum Gasteiger partial charge on any atom is -0.466 e. The van der Waals surface area contributed by atoms with Crippen molar-refractivity contribution in [2.45, 2.75) is 83.8 Å². The van der Waals surface area contributed by atoms with Crippen LogP contribution in [-0.4, -0.2) is 84.3 Å². The fraction of sp³-hybridized carbons (Fsp3) is 0.536. The van der Waals surface area contributed by atoms with Gasteiger partial charge in [0.15, 0.2) is 17.8 Å². The molecule has 0 spiro atoms. The van der Waals surface area contributed by atoms with Crippen LogP contribution >= 0.6 is 0 Å². The first-order valence-electron chi connectivity index (χ1n) is 12.6. The molecule has 2 saturated heterocycles. The lowest BCUT2D eigenvalue weighted by molar-refractivity contribution is -0.196. The highest BCUT2D eigenvalue weighted by Crippen LogP contribution is 2.41. The van der Waals surface area contributed by atoms with Crippen molar-refractivity contribution < 1.29 is 57.5 Å². The molecule has 0 aromatic carbocycles. The number of fused-ring (bicyclic) bond motifs is 2. The molecule has 0 bridgehead atoms. The fourth-order valence-corrected chi connectivity index (χ4v) is 4.40.